The van der Waals surface area contributed by atoms with Crippen molar-refractivity contribution in [2.45, 2.75) is 0 Å². The number of benzene rings is 1. The normalized spacial score (nSPS) is 10.6. The van der Waals surface area contributed by atoms with Gasteiger partial charge in [0.15, 0.2) is 0 Å². The molecule has 0 atom stereocenters. The molecule has 0 spiro atoms. The van der Waals surface area contributed by atoms with Gasteiger partial charge in [-0.1, -0.05) is 0 Å². The molecule has 106 valence electrons. The van der Waals surface area contributed by atoms with Gasteiger partial charge in [0.1, 0.15) is 0 Å². The molecule has 12 heteroatoms. The van der Waals surface area contributed by atoms with Crippen LogP contribution in [0, 0.1) is 0 Å². The summed E-state index contributed by atoms with van der Waals surface area (Å²) in [5, 5.41) is 0. The third-order valence-corrected chi connectivity index (χ3v) is 0.936. The molecule has 18 heavy (non-hydrogen) atoms. The predicted molar refractivity (Wildman–Crippen MR) is 63.8 cm³/mol. The maximum Gasteiger partial charge on any atom is 0.466 e. The van der Waals surface area contributed by atoms with Gasteiger partial charge in [-0.2, -0.15) is 0 Å². The van der Waals surface area contributed by atoms with E-state index in [9.17, 15) is 0 Å². The first-order valence-corrected chi connectivity index (χ1v) is 7.09. The SMILES string of the molecule is Nc1ccc(N)cc1.O=P(O)(O)O.O=P(O)(O)O. The molecule has 0 aliphatic heterocycles. The first kappa shape index (κ1) is 19.4. The van der Waals surface area contributed by atoms with Crippen LogP contribution in [-0.4, -0.2) is 29.4 Å². The number of phosphoric acid groups is 2. The van der Waals surface area contributed by atoms with E-state index in [-0.39, 0.29) is 0 Å². The van der Waals surface area contributed by atoms with E-state index < -0.39 is 15.6 Å². The van der Waals surface area contributed by atoms with Gasteiger partial charge in [0.25, 0.3) is 0 Å². The summed E-state index contributed by atoms with van der Waals surface area (Å²) in [4.78, 5) is 43.1. The van der Waals surface area contributed by atoms with Crippen molar-refractivity contribution in [3.63, 3.8) is 0 Å². The van der Waals surface area contributed by atoms with Gasteiger partial charge < -0.3 is 40.8 Å². The highest BCUT2D eigenvalue weighted by Crippen LogP contribution is 2.26. The van der Waals surface area contributed by atoms with Crippen LogP contribution in [0.2, 0.25) is 0 Å². The molecule has 1 aromatic carbocycles. The second-order valence-corrected chi connectivity index (χ2v) is 4.75. The number of hydrogen-bond donors (Lipinski definition) is 8. The van der Waals surface area contributed by atoms with Crippen molar-refractivity contribution in [2.24, 2.45) is 0 Å². The lowest BCUT2D eigenvalue weighted by molar-refractivity contribution is 0.272. The molecule has 10 nitrogen and oxygen atoms in total. The largest absolute Gasteiger partial charge is 0.466 e. The fraction of sp³-hybridized carbons (Fsp3) is 0. The molecule has 1 rings (SSSR count). The third-order valence-electron chi connectivity index (χ3n) is 0.936. The zero-order valence-corrected chi connectivity index (χ0v) is 10.6. The first-order chi connectivity index (χ1) is 7.79. The predicted octanol–water partition coefficient (Wildman–Crippen LogP) is -1.01. The van der Waals surface area contributed by atoms with E-state index in [1.807, 2.05) is 0 Å². The lowest BCUT2D eigenvalue weighted by Gasteiger charge is -1.90. The maximum absolute atomic E-state index is 8.88. The standard InChI is InChI=1S/C6H8N2.2H3O4P/c7-5-1-2-6(8)4-3-5;2*1-5(2,3)4/h1-4H,7-8H2;2*(H3,1,2,3,4). The minimum absolute atomic E-state index is 0.749. The molecule has 0 heterocycles. The number of nitrogens with two attached hydrogens (primary N) is 2. The van der Waals surface area contributed by atoms with E-state index in [2.05, 4.69) is 0 Å². The molecule has 0 aliphatic rings. The van der Waals surface area contributed by atoms with Crippen LogP contribution < -0.4 is 11.5 Å². The van der Waals surface area contributed by atoms with Crippen LogP contribution in [0.3, 0.4) is 0 Å². The Morgan fingerprint density at radius 1 is 0.667 bits per heavy atom. The Kier molecular flexibility index (Phi) is 8.83. The summed E-state index contributed by atoms with van der Waals surface area (Å²) in [7, 11) is -9.28. The van der Waals surface area contributed by atoms with Crippen molar-refractivity contribution < 1.29 is 38.5 Å². The smallest absolute Gasteiger partial charge is 0.399 e. The summed E-state index contributed by atoms with van der Waals surface area (Å²) in [6, 6.07) is 7.09. The Morgan fingerprint density at radius 3 is 0.889 bits per heavy atom. The van der Waals surface area contributed by atoms with Crippen molar-refractivity contribution in [3.05, 3.63) is 24.3 Å². The average molecular weight is 304 g/mol. The molecular weight excluding hydrogens is 290 g/mol. The highest BCUT2D eigenvalue weighted by molar-refractivity contribution is 7.45. The van der Waals surface area contributed by atoms with Crippen LogP contribution in [0.25, 0.3) is 0 Å². The average Bonchev–Trinajstić information content (AvgIpc) is 2.04. The Labute approximate surface area is 102 Å². The summed E-state index contributed by atoms with van der Waals surface area (Å²) in [6.45, 7) is 0. The van der Waals surface area contributed by atoms with E-state index in [1.165, 1.54) is 0 Å². The summed E-state index contributed by atoms with van der Waals surface area (Å²) in [6.07, 6.45) is 0. The molecule has 0 radical (unpaired) electrons. The Bertz CT molecular complexity index is 366. The van der Waals surface area contributed by atoms with Gasteiger partial charge in [0, 0.05) is 11.4 Å². The Hall–Kier alpha value is -0.960. The highest BCUT2D eigenvalue weighted by Gasteiger charge is 2.00. The van der Waals surface area contributed by atoms with E-state index in [0.717, 1.165) is 11.4 Å². The molecule has 0 bridgehead atoms. The summed E-state index contributed by atoms with van der Waals surface area (Å²) >= 11 is 0. The van der Waals surface area contributed by atoms with Crippen LogP contribution in [0.4, 0.5) is 11.4 Å². The monoisotopic (exact) mass is 304 g/mol. The van der Waals surface area contributed by atoms with E-state index in [0.29, 0.717) is 0 Å². The van der Waals surface area contributed by atoms with Crippen molar-refractivity contribution in [3.8, 4) is 0 Å². The molecule has 0 fully saturated rings. The Morgan fingerprint density at radius 2 is 0.778 bits per heavy atom. The minimum Gasteiger partial charge on any atom is -0.399 e. The summed E-state index contributed by atoms with van der Waals surface area (Å²) < 4.78 is 17.8. The van der Waals surface area contributed by atoms with E-state index >= 15 is 0 Å². The second-order valence-electron chi connectivity index (χ2n) is 2.69. The summed E-state index contributed by atoms with van der Waals surface area (Å²) in [5.74, 6) is 0. The first-order valence-electron chi connectivity index (χ1n) is 3.96. The highest BCUT2D eigenvalue weighted by atomic mass is 31.2. The maximum atomic E-state index is 8.88. The molecule has 0 aromatic heterocycles. The zero-order chi connectivity index (χ0) is 15.0. The van der Waals surface area contributed by atoms with E-state index in [1.54, 1.807) is 24.3 Å². The Balaban J connectivity index is 0. The van der Waals surface area contributed by atoms with Gasteiger partial charge in [0.2, 0.25) is 0 Å². The van der Waals surface area contributed by atoms with Crippen LogP contribution in [-0.2, 0) is 9.13 Å². The number of nitrogen functional groups attached to an aromatic ring is 2. The molecule has 0 amide bonds. The van der Waals surface area contributed by atoms with Crippen molar-refractivity contribution >= 4 is 27.0 Å². The zero-order valence-electron chi connectivity index (χ0n) is 8.86. The molecule has 0 aliphatic carbocycles. The van der Waals surface area contributed by atoms with Crippen LogP contribution >= 0.6 is 15.6 Å². The molecule has 1 aromatic rings. The van der Waals surface area contributed by atoms with Crippen LogP contribution in [0.5, 0.6) is 0 Å². The van der Waals surface area contributed by atoms with Gasteiger partial charge in [-0.15, -0.1) is 0 Å². The van der Waals surface area contributed by atoms with E-state index in [4.69, 9.17) is 50.0 Å². The van der Waals surface area contributed by atoms with Gasteiger partial charge >= 0.3 is 15.6 Å². The minimum atomic E-state index is -4.64. The molecule has 10 N–H and O–H groups in total. The number of hydrogen-bond acceptors (Lipinski definition) is 4. The second kappa shape index (κ2) is 8.20. The molecular formula is C6H14N2O8P2. The fourth-order valence-corrected chi connectivity index (χ4v) is 0.496. The van der Waals surface area contributed by atoms with Gasteiger partial charge in [-0.05, 0) is 24.3 Å². The molecule has 0 saturated carbocycles. The van der Waals surface area contributed by atoms with Crippen LogP contribution in [0.1, 0.15) is 0 Å². The topological polar surface area (TPSA) is 208 Å². The van der Waals surface area contributed by atoms with Crippen LogP contribution in [0.15, 0.2) is 24.3 Å². The van der Waals surface area contributed by atoms with Crippen molar-refractivity contribution in [2.75, 3.05) is 11.5 Å². The van der Waals surface area contributed by atoms with Gasteiger partial charge in [-0.25, -0.2) is 9.13 Å². The summed E-state index contributed by atoms with van der Waals surface area (Å²) in [5.41, 5.74) is 12.2. The molecule has 0 saturated heterocycles. The lowest BCUT2D eigenvalue weighted by atomic mass is 10.3. The van der Waals surface area contributed by atoms with Crippen molar-refractivity contribution in [1.82, 2.24) is 0 Å². The fourth-order valence-electron chi connectivity index (χ4n) is 0.496. The lowest BCUT2D eigenvalue weighted by Crippen LogP contribution is -1.86. The van der Waals surface area contributed by atoms with Gasteiger partial charge in [-0.3, -0.25) is 0 Å². The number of anilines is 2. The quantitative estimate of drug-likeness (QED) is 0.216. The van der Waals surface area contributed by atoms with Gasteiger partial charge in [0.05, 0.1) is 0 Å². The molecule has 0 unspecified atom stereocenters. The van der Waals surface area contributed by atoms with Crippen molar-refractivity contribution in [1.29, 1.82) is 0 Å². The third kappa shape index (κ3) is 36.3. The number of rotatable bonds is 0.